The van der Waals surface area contributed by atoms with Gasteiger partial charge in [-0.1, -0.05) is 0 Å². The Balaban J connectivity index is 2.87. The molecule has 2 heterocycles. The van der Waals surface area contributed by atoms with Crippen molar-refractivity contribution in [1.82, 2.24) is 19.6 Å². The number of fused-ring (bicyclic) bond motifs is 1. The molecule has 0 aliphatic heterocycles. The first-order chi connectivity index (χ1) is 7.69. The van der Waals surface area contributed by atoms with E-state index in [2.05, 4.69) is 15.1 Å². The fourth-order valence-corrected chi connectivity index (χ4v) is 3.09. The molecule has 0 saturated heterocycles. The van der Waals surface area contributed by atoms with Crippen molar-refractivity contribution in [2.24, 2.45) is 0 Å². The number of aromatic nitrogens is 4. The van der Waals surface area contributed by atoms with Gasteiger partial charge in [0.05, 0.1) is 6.20 Å². The zero-order valence-corrected chi connectivity index (χ0v) is 9.73. The highest BCUT2D eigenvalue weighted by Crippen LogP contribution is 2.39. The van der Waals surface area contributed by atoms with Crippen molar-refractivity contribution in [3.05, 3.63) is 12.5 Å². The Hall–Kier alpha value is -1.15. The molecule has 0 spiro atoms. The molecule has 0 aromatic carbocycles. The first-order valence-electron chi connectivity index (χ1n) is 4.02. The summed E-state index contributed by atoms with van der Waals surface area (Å²) in [7, 11) is -9.79. The summed E-state index contributed by atoms with van der Waals surface area (Å²) in [5, 5.41) is 2.69. The van der Waals surface area contributed by atoms with Crippen LogP contribution in [0.3, 0.4) is 0 Å². The van der Waals surface area contributed by atoms with Gasteiger partial charge in [0.2, 0.25) is 0 Å². The molecule has 0 unspecified atom stereocenters. The van der Waals surface area contributed by atoms with Crippen LogP contribution in [0.15, 0.2) is 12.5 Å². The lowest BCUT2D eigenvalue weighted by molar-refractivity contribution is 0.380. The first kappa shape index (κ1) is 12.3. The fraction of sp³-hybridized carbons (Fsp3) is 0. The van der Waals surface area contributed by atoms with E-state index in [-0.39, 0.29) is 5.78 Å². The second-order valence-electron chi connectivity index (χ2n) is 3.04. The quantitative estimate of drug-likeness (QED) is 0.445. The number of hydrogen-bond donors (Lipinski definition) is 4. The van der Waals surface area contributed by atoms with E-state index in [1.165, 1.54) is 0 Å². The van der Waals surface area contributed by atoms with Crippen molar-refractivity contribution >= 4 is 31.7 Å². The summed E-state index contributed by atoms with van der Waals surface area (Å²) in [5.74, 6) is -0.166. The Bertz CT molecular complexity index is 614. The largest absolute Gasteiger partial charge is 0.375 e. The summed E-state index contributed by atoms with van der Waals surface area (Å²) >= 11 is 0. The van der Waals surface area contributed by atoms with Gasteiger partial charge in [-0.15, -0.1) is 0 Å². The Morgan fingerprint density at radius 2 is 1.76 bits per heavy atom. The smallest absolute Gasteiger partial charge is 0.321 e. The van der Waals surface area contributed by atoms with Gasteiger partial charge in [0, 0.05) is 0 Å². The summed E-state index contributed by atoms with van der Waals surface area (Å²) in [6.07, 6.45) is 1.83. The average Bonchev–Trinajstić information content (AvgIpc) is 2.59. The van der Waals surface area contributed by atoms with E-state index in [9.17, 15) is 9.13 Å². The molecule has 0 aliphatic rings. The van der Waals surface area contributed by atoms with Crippen LogP contribution in [0.5, 0.6) is 0 Å². The topological polar surface area (TPSA) is 158 Å². The van der Waals surface area contributed by atoms with Crippen LogP contribution < -0.4 is 10.7 Å². The molecule has 2 aromatic heterocycles. The highest BCUT2D eigenvalue weighted by molar-refractivity contribution is 7.66. The van der Waals surface area contributed by atoms with E-state index in [0.717, 1.165) is 17.0 Å². The molecule has 0 amide bonds. The molecule has 0 bridgehead atoms. The lowest BCUT2D eigenvalue weighted by Crippen LogP contribution is -2.30. The lowest BCUT2D eigenvalue weighted by Gasteiger charge is -2.10. The molecular weight excluding hydrogens is 274 g/mol. The van der Waals surface area contributed by atoms with Crippen molar-refractivity contribution in [3.63, 3.8) is 0 Å². The van der Waals surface area contributed by atoms with Crippen molar-refractivity contribution in [1.29, 1.82) is 0 Å². The van der Waals surface area contributed by atoms with Gasteiger partial charge in [-0.05, 0) is 0 Å². The van der Waals surface area contributed by atoms with Gasteiger partial charge in [0.15, 0.2) is 5.44 Å². The molecule has 92 valence electrons. The van der Waals surface area contributed by atoms with Crippen LogP contribution in [0, 0.1) is 0 Å². The van der Waals surface area contributed by atoms with Crippen LogP contribution in [0.4, 0.5) is 0 Å². The van der Waals surface area contributed by atoms with Crippen LogP contribution in [-0.4, -0.2) is 39.2 Å². The minimum Gasteiger partial charge on any atom is -0.321 e. The van der Waals surface area contributed by atoms with Gasteiger partial charge in [-0.2, -0.15) is 10.1 Å². The zero-order chi connectivity index (χ0) is 12.8. The third-order valence-corrected chi connectivity index (χ3v) is 3.85. The Kier molecular flexibility index (Phi) is 2.66. The van der Waals surface area contributed by atoms with E-state index in [0.29, 0.717) is 0 Å². The Morgan fingerprint density at radius 1 is 1.12 bits per heavy atom. The molecule has 17 heavy (non-hydrogen) atoms. The molecule has 2 rings (SSSR count). The normalized spacial score (nSPS) is 13.2. The second-order valence-corrected chi connectivity index (χ2v) is 6.12. The molecule has 0 atom stereocenters. The summed E-state index contributed by atoms with van der Waals surface area (Å²) in [6.45, 7) is 0. The SMILES string of the molecule is O=P(O)(O)c1cn2ncnc2nc1P(=O)(O)O. The van der Waals surface area contributed by atoms with Crippen LogP contribution >= 0.6 is 15.2 Å². The van der Waals surface area contributed by atoms with E-state index in [4.69, 9.17) is 19.6 Å². The van der Waals surface area contributed by atoms with Crippen molar-refractivity contribution < 1.29 is 28.7 Å². The van der Waals surface area contributed by atoms with Gasteiger partial charge in [-0.25, -0.2) is 9.50 Å². The van der Waals surface area contributed by atoms with E-state index >= 15 is 0 Å². The number of rotatable bonds is 2. The molecule has 0 aliphatic carbocycles. The van der Waals surface area contributed by atoms with Crippen LogP contribution in [-0.2, 0) is 9.13 Å². The predicted molar refractivity (Wildman–Crippen MR) is 54.1 cm³/mol. The maximum Gasteiger partial charge on any atom is 0.375 e. The van der Waals surface area contributed by atoms with Gasteiger partial charge < -0.3 is 19.6 Å². The minimum atomic E-state index is -4.92. The van der Waals surface area contributed by atoms with Gasteiger partial charge >= 0.3 is 15.2 Å². The minimum absolute atomic E-state index is 0.166. The second kappa shape index (κ2) is 3.67. The maximum atomic E-state index is 11.1. The molecular formula is C5H6N4O6P2. The lowest BCUT2D eigenvalue weighted by atomic mass is 10.7. The standard InChI is InChI=1S/C5H6N4O6P2/c10-16(11,12)3-1-9-5(6-2-7-9)8-4(3)17(13,14)15/h1-2H,(H2,10,11,12)(H2,13,14,15). The molecule has 0 saturated carbocycles. The molecule has 12 heteroatoms. The summed E-state index contributed by atoms with van der Waals surface area (Å²) in [6, 6.07) is 0. The summed E-state index contributed by atoms with van der Waals surface area (Å²) in [4.78, 5) is 42.9. The third-order valence-electron chi connectivity index (χ3n) is 1.82. The molecule has 10 nitrogen and oxygen atoms in total. The van der Waals surface area contributed by atoms with Crippen molar-refractivity contribution in [2.75, 3.05) is 0 Å². The first-order valence-corrected chi connectivity index (χ1v) is 7.24. The van der Waals surface area contributed by atoms with Crippen LogP contribution in [0.2, 0.25) is 0 Å². The summed E-state index contributed by atoms with van der Waals surface area (Å²) < 4.78 is 23.1. The Morgan fingerprint density at radius 3 is 2.29 bits per heavy atom. The zero-order valence-electron chi connectivity index (χ0n) is 7.94. The van der Waals surface area contributed by atoms with Gasteiger partial charge in [-0.3, -0.25) is 9.13 Å². The van der Waals surface area contributed by atoms with Crippen molar-refractivity contribution in [3.8, 4) is 0 Å². The highest BCUT2D eigenvalue weighted by Gasteiger charge is 2.33. The number of nitrogens with zero attached hydrogens (tertiary/aromatic N) is 4. The van der Waals surface area contributed by atoms with Crippen LogP contribution in [0.1, 0.15) is 0 Å². The van der Waals surface area contributed by atoms with Crippen LogP contribution in [0.25, 0.3) is 5.78 Å². The van der Waals surface area contributed by atoms with E-state index < -0.39 is 25.9 Å². The monoisotopic (exact) mass is 280 g/mol. The molecule has 2 aromatic rings. The third kappa shape index (κ3) is 2.27. The number of hydrogen-bond acceptors (Lipinski definition) is 5. The average molecular weight is 280 g/mol. The Labute approximate surface area is 93.3 Å². The van der Waals surface area contributed by atoms with E-state index in [1.54, 1.807) is 0 Å². The molecule has 4 N–H and O–H groups in total. The van der Waals surface area contributed by atoms with Crippen molar-refractivity contribution in [2.45, 2.75) is 0 Å². The van der Waals surface area contributed by atoms with Gasteiger partial charge in [0.25, 0.3) is 5.78 Å². The maximum absolute atomic E-state index is 11.1. The van der Waals surface area contributed by atoms with E-state index in [1.807, 2.05) is 0 Å². The highest BCUT2D eigenvalue weighted by atomic mass is 31.2. The fourth-order valence-electron chi connectivity index (χ4n) is 1.16. The van der Waals surface area contributed by atoms with Gasteiger partial charge in [0.1, 0.15) is 11.6 Å². The summed E-state index contributed by atoms with van der Waals surface area (Å²) in [5.41, 5.74) is -0.994. The molecule has 0 fully saturated rings. The predicted octanol–water partition coefficient (Wildman–Crippen LogP) is -2.27. The molecule has 0 radical (unpaired) electrons.